The molecule has 0 radical (unpaired) electrons. The molecule has 1 aliphatic heterocycles. The van der Waals surface area contributed by atoms with E-state index in [2.05, 4.69) is 60.6 Å². The Hall–Kier alpha value is -0.600. The van der Waals surface area contributed by atoms with Crippen molar-refractivity contribution in [2.24, 2.45) is 45.3 Å². The van der Waals surface area contributed by atoms with Crippen LogP contribution in [0, 0.1) is 45.3 Å². The molecule has 0 spiro atoms. The van der Waals surface area contributed by atoms with Gasteiger partial charge in [-0.3, -0.25) is 0 Å². The summed E-state index contributed by atoms with van der Waals surface area (Å²) >= 11 is 0. The summed E-state index contributed by atoms with van der Waals surface area (Å²) < 4.78 is 6.26. The quantitative estimate of drug-likeness (QED) is 0.456. The van der Waals surface area contributed by atoms with E-state index in [9.17, 15) is 5.11 Å². The minimum atomic E-state index is -0.146. The number of aliphatic hydroxyl groups is 1. The summed E-state index contributed by atoms with van der Waals surface area (Å²) in [6, 6.07) is 0. The number of hydrogen-bond donors (Lipinski definition) is 1. The lowest BCUT2D eigenvalue weighted by molar-refractivity contribution is -0.131. The van der Waals surface area contributed by atoms with Crippen LogP contribution in [0.5, 0.6) is 0 Å². The van der Waals surface area contributed by atoms with Gasteiger partial charge in [-0.2, -0.15) is 0 Å². The molecule has 2 heteroatoms. The molecule has 4 fully saturated rings. The van der Waals surface area contributed by atoms with E-state index in [4.69, 9.17) is 4.74 Å². The van der Waals surface area contributed by atoms with Gasteiger partial charge in [-0.15, -0.1) is 0 Å². The Labute approximate surface area is 197 Å². The molecule has 9 atom stereocenters. The maximum Gasteiger partial charge on any atom is 0.0761 e. The fourth-order valence-electron chi connectivity index (χ4n) is 9.95. The Morgan fingerprint density at radius 3 is 2.50 bits per heavy atom. The van der Waals surface area contributed by atoms with Crippen LogP contribution in [0.3, 0.4) is 0 Å². The highest BCUT2D eigenvalue weighted by Gasteiger charge is 2.65. The highest BCUT2D eigenvalue weighted by atomic mass is 16.5. The lowest BCUT2D eigenvalue weighted by Crippen LogP contribution is -2.58. The molecule has 3 saturated carbocycles. The normalized spacial score (nSPS) is 51.9. The van der Waals surface area contributed by atoms with Gasteiger partial charge in [0.05, 0.1) is 18.8 Å². The van der Waals surface area contributed by atoms with Gasteiger partial charge >= 0.3 is 0 Å². The molecule has 180 valence electrons. The average molecular weight is 441 g/mol. The molecule has 4 aliphatic carbocycles. The number of allylic oxidation sites excluding steroid dienone is 3. The first-order chi connectivity index (χ1) is 14.9. The van der Waals surface area contributed by atoms with Crippen LogP contribution < -0.4 is 0 Å². The van der Waals surface area contributed by atoms with Crippen LogP contribution in [0.25, 0.3) is 0 Å². The summed E-state index contributed by atoms with van der Waals surface area (Å²) in [7, 11) is 0. The van der Waals surface area contributed by atoms with E-state index in [1.54, 1.807) is 0 Å². The van der Waals surface area contributed by atoms with Crippen molar-refractivity contribution in [2.75, 3.05) is 6.61 Å². The fourth-order valence-corrected chi connectivity index (χ4v) is 9.95. The van der Waals surface area contributed by atoms with E-state index < -0.39 is 0 Å². The molecule has 32 heavy (non-hydrogen) atoms. The number of ether oxygens (including phenoxy) is 1. The molecule has 2 nitrogen and oxygen atoms in total. The van der Waals surface area contributed by atoms with E-state index in [0.29, 0.717) is 34.2 Å². The SMILES string of the molecule is CC(C)=C[C@@H]1C[C@H]([C@@H]2CC[C@]3(C)C4=CC[C@H]5C(C)(C)[C@@H](O)CC[C@]5(C)[C@H]4CC[C@@]23C)CO1. The zero-order valence-corrected chi connectivity index (χ0v) is 21.8. The van der Waals surface area contributed by atoms with Crippen LogP contribution in [0.2, 0.25) is 0 Å². The predicted molar refractivity (Wildman–Crippen MR) is 132 cm³/mol. The maximum atomic E-state index is 10.8. The second-order valence-electron chi connectivity index (χ2n) is 13.9. The standard InChI is InChI=1S/C30H48O2/c1-19(2)16-21-17-20(18-32-21)22-10-14-30(7)24-8-9-25-27(3,4)26(31)12-13-28(25,5)23(24)11-15-29(22,30)6/h8,16,20-23,25-26,31H,9-15,17-18H2,1-7H3/t20-,21+,22-,23-,25-,26-,28+,29-,30+/m0/s1. The van der Waals surface area contributed by atoms with Crippen molar-refractivity contribution in [3.63, 3.8) is 0 Å². The van der Waals surface area contributed by atoms with Gasteiger partial charge in [-0.1, -0.05) is 57.9 Å². The molecule has 1 N–H and O–H groups in total. The third-order valence-corrected chi connectivity index (χ3v) is 12.0. The smallest absolute Gasteiger partial charge is 0.0761 e. The van der Waals surface area contributed by atoms with Gasteiger partial charge in [0.15, 0.2) is 0 Å². The van der Waals surface area contributed by atoms with E-state index >= 15 is 0 Å². The molecule has 0 aromatic carbocycles. The second kappa shape index (κ2) is 7.45. The Morgan fingerprint density at radius 2 is 1.78 bits per heavy atom. The molecule has 0 aromatic heterocycles. The summed E-state index contributed by atoms with van der Waals surface area (Å²) in [6.07, 6.45) is 15.2. The number of rotatable bonds is 2. The van der Waals surface area contributed by atoms with Crippen LogP contribution in [-0.4, -0.2) is 23.9 Å². The summed E-state index contributed by atoms with van der Waals surface area (Å²) in [5.41, 5.74) is 4.31. The van der Waals surface area contributed by atoms with Crippen molar-refractivity contribution >= 4 is 0 Å². The van der Waals surface area contributed by atoms with Crippen molar-refractivity contribution in [2.45, 2.75) is 112 Å². The molecule has 0 bridgehead atoms. The first kappa shape index (κ1) is 23.2. The lowest BCUT2D eigenvalue weighted by Gasteiger charge is -2.64. The highest BCUT2D eigenvalue weighted by Crippen LogP contribution is 2.73. The van der Waals surface area contributed by atoms with E-state index in [0.717, 1.165) is 31.3 Å². The third-order valence-electron chi connectivity index (χ3n) is 12.0. The second-order valence-corrected chi connectivity index (χ2v) is 13.9. The van der Waals surface area contributed by atoms with Gasteiger partial charge in [0, 0.05) is 0 Å². The van der Waals surface area contributed by atoms with Crippen LogP contribution in [0.4, 0.5) is 0 Å². The zero-order chi connectivity index (χ0) is 23.1. The Balaban J connectivity index is 1.44. The van der Waals surface area contributed by atoms with Crippen molar-refractivity contribution < 1.29 is 9.84 Å². The molecule has 5 aliphatic rings. The Morgan fingerprint density at radius 1 is 1.03 bits per heavy atom. The van der Waals surface area contributed by atoms with Crippen molar-refractivity contribution in [1.29, 1.82) is 0 Å². The number of hydrogen-bond acceptors (Lipinski definition) is 2. The van der Waals surface area contributed by atoms with Gasteiger partial charge in [-0.25, -0.2) is 0 Å². The minimum absolute atomic E-state index is 0.0238. The largest absolute Gasteiger partial charge is 0.393 e. The molecular formula is C30H48O2. The molecule has 1 heterocycles. The minimum Gasteiger partial charge on any atom is -0.393 e. The molecule has 5 rings (SSSR count). The number of fused-ring (bicyclic) bond motifs is 5. The van der Waals surface area contributed by atoms with Gasteiger partial charge in [0.25, 0.3) is 0 Å². The lowest BCUT2D eigenvalue weighted by atomic mass is 9.41. The van der Waals surface area contributed by atoms with Gasteiger partial charge < -0.3 is 9.84 Å². The monoisotopic (exact) mass is 440 g/mol. The third kappa shape index (κ3) is 3.03. The topological polar surface area (TPSA) is 29.5 Å². The summed E-state index contributed by atoms with van der Waals surface area (Å²) in [4.78, 5) is 0. The molecule has 0 aromatic rings. The maximum absolute atomic E-state index is 10.8. The summed E-state index contributed by atoms with van der Waals surface area (Å²) in [5.74, 6) is 2.82. The van der Waals surface area contributed by atoms with Gasteiger partial charge in [0.1, 0.15) is 0 Å². The van der Waals surface area contributed by atoms with E-state index in [-0.39, 0.29) is 11.5 Å². The Kier molecular flexibility index (Phi) is 5.39. The summed E-state index contributed by atoms with van der Waals surface area (Å²) in [6.45, 7) is 17.9. The molecule has 0 amide bonds. The molecular weight excluding hydrogens is 392 g/mol. The molecule has 0 unspecified atom stereocenters. The van der Waals surface area contributed by atoms with Gasteiger partial charge in [-0.05, 0) is 111 Å². The van der Waals surface area contributed by atoms with Crippen LogP contribution in [0.1, 0.15) is 99.8 Å². The van der Waals surface area contributed by atoms with E-state index in [1.807, 2.05) is 5.57 Å². The first-order valence-corrected chi connectivity index (χ1v) is 13.6. The summed E-state index contributed by atoms with van der Waals surface area (Å²) in [5, 5.41) is 10.8. The van der Waals surface area contributed by atoms with Crippen LogP contribution in [-0.2, 0) is 4.74 Å². The number of aliphatic hydroxyl groups excluding tert-OH is 1. The van der Waals surface area contributed by atoms with Crippen molar-refractivity contribution in [1.82, 2.24) is 0 Å². The average Bonchev–Trinajstić information content (AvgIpc) is 3.26. The van der Waals surface area contributed by atoms with Crippen LogP contribution in [0.15, 0.2) is 23.3 Å². The first-order valence-electron chi connectivity index (χ1n) is 13.6. The molecule has 1 saturated heterocycles. The fraction of sp³-hybridized carbons (Fsp3) is 0.867. The van der Waals surface area contributed by atoms with Gasteiger partial charge in [0.2, 0.25) is 0 Å². The van der Waals surface area contributed by atoms with E-state index in [1.165, 1.54) is 44.1 Å². The predicted octanol–water partition coefficient (Wildman–Crippen LogP) is 7.32. The highest BCUT2D eigenvalue weighted by molar-refractivity contribution is 5.33. The Bertz CT molecular complexity index is 819. The van der Waals surface area contributed by atoms with Crippen molar-refractivity contribution in [3.8, 4) is 0 Å². The zero-order valence-electron chi connectivity index (χ0n) is 21.8. The van der Waals surface area contributed by atoms with Crippen LogP contribution >= 0.6 is 0 Å². The van der Waals surface area contributed by atoms with Crippen molar-refractivity contribution in [3.05, 3.63) is 23.3 Å².